The molecule has 0 amide bonds. The van der Waals surface area contributed by atoms with Crippen LogP contribution in [0.1, 0.15) is 18.9 Å². The molecule has 1 aromatic rings. The number of aliphatic imine (C=N–C) groups is 1. The average Bonchev–Trinajstić information content (AvgIpc) is 2.66. The zero-order chi connectivity index (χ0) is 9.97. The third kappa shape index (κ3) is 1.87. The minimum absolute atomic E-state index is 0.281. The maximum atomic E-state index is 5.82. The summed E-state index contributed by atoms with van der Waals surface area (Å²) in [5.41, 5.74) is 0.855. The van der Waals surface area contributed by atoms with E-state index >= 15 is 0 Å². The quantitative estimate of drug-likeness (QED) is 0.751. The molecule has 0 fully saturated rings. The molecule has 1 aliphatic heterocycles. The van der Waals surface area contributed by atoms with Crippen molar-refractivity contribution in [2.75, 3.05) is 6.61 Å². The summed E-state index contributed by atoms with van der Waals surface area (Å²) in [6.07, 6.45) is 4.30. The van der Waals surface area contributed by atoms with E-state index in [0.717, 1.165) is 12.0 Å². The Kier molecular flexibility index (Phi) is 2.68. The first-order chi connectivity index (χ1) is 6.79. The Morgan fingerprint density at radius 1 is 1.57 bits per heavy atom. The summed E-state index contributed by atoms with van der Waals surface area (Å²) >= 11 is 5.82. The number of pyridine rings is 1. The largest absolute Gasteiger partial charge is 0.475 e. The number of rotatable bonds is 2. The van der Waals surface area contributed by atoms with Crippen molar-refractivity contribution in [1.29, 1.82) is 0 Å². The molecular formula is C10H11ClN2O. The predicted octanol–water partition coefficient (Wildman–Crippen LogP) is 2.29. The van der Waals surface area contributed by atoms with E-state index in [1.807, 2.05) is 6.07 Å². The van der Waals surface area contributed by atoms with Gasteiger partial charge in [-0.1, -0.05) is 18.5 Å². The monoisotopic (exact) mass is 210 g/mol. The molecule has 1 unspecified atom stereocenters. The van der Waals surface area contributed by atoms with Gasteiger partial charge in [0.25, 0.3) is 0 Å². The smallest absolute Gasteiger partial charge is 0.218 e. The van der Waals surface area contributed by atoms with Gasteiger partial charge in [-0.3, -0.25) is 4.98 Å². The van der Waals surface area contributed by atoms with Crippen molar-refractivity contribution in [1.82, 2.24) is 4.98 Å². The fourth-order valence-electron chi connectivity index (χ4n) is 1.31. The second-order valence-corrected chi connectivity index (χ2v) is 3.64. The predicted molar refractivity (Wildman–Crippen MR) is 55.8 cm³/mol. The molecule has 0 bridgehead atoms. The second-order valence-electron chi connectivity index (χ2n) is 3.20. The maximum Gasteiger partial charge on any atom is 0.218 e. The molecule has 0 aliphatic carbocycles. The van der Waals surface area contributed by atoms with E-state index in [4.69, 9.17) is 16.3 Å². The minimum atomic E-state index is 0.281. The van der Waals surface area contributed by atoms with E-state index in [-0.39, 0.29) is 6.04 Å². The lowest BCUT2D eigenvalue weighted by Gasteiger charge is -2.00. The fourth-order valence-corrected chi connectivity index (χ4v) is 1.49. The SMILES string of the molecule is CCC1COC(c2cncc(Cl)c2)=N1. The van der Waals surface area contributed by atoms with Crippen LogP contribution >= 0.6 is 11.6 Å². The number of nitrogens with zero attached hydrogens (tertiary/aromatic N) is 2. The Bertz CT molecular complexity index is 365. The third-order valence-corrected chi connectivity index (χ3v) is 2.34. The van der Waals surface area contributed by atoms with E-state index in [1.165, 1.54) is 0 Å². The lowest BCUT2D eigenvalue weighted by atomic mass is 10.2. The van der Waals surface area contributed by atoms with Crippen molar-refractivity contribution in [3.8, 4) is 0 Å². The molecular weight excluding hydrogens is 200 g/mol. The zero-order valence-electron chi connectivity index (χ0n) is 7.90. The van der Waals surface area contributed by atoms with Crippen molar-refractivity contribution in [2.24, 2.45) is 4.99 Å². The summed E-state index contributed by atoms with van der Waals surface area (Å²) in [5.74, 6) is 0.659. The van der Waals surface area contributed by atoms with E-state index in [9.17, 15) is 0 Å². The van der Waals surface area contributed by atoms with Crippen LogP contribution in [-0.2, 0) is 4.74 Å². The van der Waals surface area contributed by atoms with Crippen molar-refractivity contribution in [3.63, 3.8) is 0 Å². The van der Waals surface area contributed by atoms with Gasteiger partial charge < -0.3 is 4.74 Å². The molecule has 1 aromatic heterocycles. The summed E-state index contributed by atoms with van der Waals surface area (Å²) < 4.78 is 5.45. The molecule has 2 rings (SSSR count). The van der Waals surface area contributed by atoms with E-state index in [2.05, 4.69) is 16.9 Å². The van der Waals surface area contributed by atoms with Gasteiger partial charge in [0.05, 0.1) is 16.6 Å². The molecule has 4 heteroatoms. The van der Waals surface area contributed by atoms with Gasteiger partial charge in [-0.2, -0.15) is 0 Å². The molecule has 0 saturated heterocycles. The Hall–Kier alpha value is -1.09. The Balaban J connectivity index is 2.24. The molecule has 0 spiro atoms. The van der Waals surface area contributed by atoms with Crippen molar-refractivity contribution < 1.29 is 4.74 Å². The number of halogens is 1. The second kappa shape index (κ2) is 3.96. The van der Waals surface area contributed by atoms with Crippen LogP contribution in [0.3, 0.4) is 0 Å². The Morgan fingerprint density at radius 2 is 2.43 bits per heavy atom. The van der Waals surface area contributed by atoms with Gasteiger partial charge in [0.15, 0.2) is 0 Å². The summed E-state index contributed by atoms with van der Waals surface area (Å²) in [6, 6.07) is 2.09. The molecule has 2 heterocycles. The summed E-state index contributed by atoms with van der Waals surface area (Å²) in [7, 11) is 0. The first-order valence-corrected chi connectivity index (χ1v) is 4.99. The molecule has 1 aliphatic rings. The van der Waals surface area contributed by atoms with E-state index < -0.39 is 0 Å². The highest BCUT2D eigenvalue weighted by atomic mass is 35.5. The minimum Gasteiger partial charge on any atom is -0.475 e. The van der Waals surface area contributed by atoms with Crippen LogP contribution in [0.2, 0.25) is 5.02 Å². The van der Waals surface area contributed by atoms with Gasteiger partial charge in [-0.25, -0.2) is 4.99 Å². The average molecular weight is 211 g/mol. The highest BCUT2D eigenvalue weighted by molar-refractivity contribution is 6.30. The van der Waals surface area contributed by atoms with Crippen LogP contribution in [-0.4, -0.2) is 23.5 Å². The van der Waals surface area contributed by atoms with Crippen molar-refractivity contribution in [3.05, 3.63) is 29.0 Å². The maximum absolute atomic E-state index is 5.82. The first kappa shape index (κ1) is 9.46. The van der Waals surface area contributed by atoms with Crippen LogP contribution in [0.4, 0.5) is 0 Å². The van der Waals surface area contributed by atoms with Crippen molar-refractivity contribution >= 4 is 17.5 Å². The third-order valence-electron chi connectivity index (χ3n) is 2.14. The van der Waals surface area contributed by atoms with Crippen LogP contribution in [0.15, 0.2) is 23.5 Å². The van der Waals surface area contributed by atoms with Gasteiger partial charge >= 0.3 is 0 Å². The van der Waals surface area contributed by atoms with Crippen LogP contribution in [0.5, 0.6) is 0 Å². The molecule has 1 atom stereocenters. The van der Waals surface area contributed by atoms with Crippen molar-refractivity contribution in [2.45, 2.75) is 19.4 Å². The Labute approximate surface area is 87.8 Å². The topological polar surface area (TPSA) is 34.5 Å². The molecule has 14 heavy (non-hydrogen) atoms. The lowest BCUT2D eigenvalue weighted by molar-refractivity contribution is 0.315. The molecule has 0 aromatic carbocycles. The van der Waals surface area contributed by atoms with Gasteiger partial charge in [0.2, 0.25) is 5.90 Å². The highest BCUT2D eigenvalue weighted by Gasteiger charge is 2.18. The Morgan fingerprint density at radius 3 is 3.07 bits per heavy atom. The highest BCUT2D eigenvalue weighted by Crippen LogP contribution is 2.16. The van der Waals surface area contributed by atoms with Gasteiger partial charge in [-0.05, 0) is 12.5 Å². The van der Waals surface area contributed by atoms with Crippen LogP contribution in [0, 0.1) is 0 Å². The molecule has 0 radical (unpaired) electrons. The molecule has 0 saturated carbocycles. The first-order valence-electron chi connectivity index (χ1n) is 4.61. The van der Waals surface area contributed by atoms with E-state index in [0.29, 0.717) is 17.5 Å². The van der Waals surface area contributed by atoms with Crippen LogP contribution < -0.4 is 0 Å². The normalized spacial score (nSPS) is 20.4. The molecule has 3 nitrogen and oxygen atoms in total. The summed E-state index contributed by atoms with van der Waals surface area (Å²) in [5, 5.41) is 0.605. The van der Waals surface area contributed by atoms with E-state index in [1.54, 1.807) is 12.4 Å². The molecule has 0 N–H and O–H groups in total. The number of hydrogen-bond donors (Lipinski definition) is 0. The standard InChI is InChI=1S/C10H11ClN2O/c1-2-9-6-14-10(13-9)7-3-8(11)5-12-4-7/h3-5,9H,2,6H2,1H3. The summed E-state index contributed by atoms with van der Waals surface area (Å²) in [6.45, 7) is 2.76. The fraction of sp³-hybridized carbons (Fsp3) is 0.400. The number of aromatic nitrogens is 1. The zero-order valence-corrected chi connectivity index (χ0v) is 8.66. The van der Waals surface area contributed by atoms with Gasteiger partial charge in [0, 0.05) is 12.4 Å². The number of hydrogen-bond acceptors (Lipinski definition) is 3. The van der Waals surface area contributed by atoms with Gasteiger partial charge in [-0.15, -0.1) is 0 Å². The molecule has 74 valence electrons. The lowest BCUT2D eigenvalue weighted by Crippen LogP contribution is -2.04. The van der Waals surface area contributed by atoms with Gasteiger partial charge in [0.1, 0.15) is 6.61 Å². The summed E-state index contributed by atoms with van der Waals surface area (Å²) in [4.78, 5) is 8.40. The number of ether oxygens (including phenoxy) is 1. The van der Waals surface area contributed by atoms with Crippen LogP contribution in [0.25, 0.3) is 0 Å².